The van der Waals surface area contributed by atoms with Gasteiger partial charge in [-0.25, -0.2) is 0 Å². The first kappa shape index (κ1) is 37.2. The van der Waals surface area contributed by atoms with Gasteiger partial charge >= 0.3 is 11.9 Å². The van der Waals surface area contributed by atoms with Gasteiger partial charge in [-0.1, -0.05) is 56.2 Å². The van der Waals surface area contributed by atoms with Gasteiger partial charge in [0, 0.05) is 41.6 Å². The molecule has 284 valence electrons. The van der Waals surface area contributed by atoms with Crippen molar-refractivity contribution in [2.45, 2.75) is 102 Å². The highest BCUT2D eigenvalue weighted by Gasteiger charge is 2.66. The molecule has 2 aromatic rings. The van der Waals surface area contributed by atoms with Gasteiger partial charge in [-0.05, 0) is 91.0 Å². The zero-order valence-corrected chi connectivity index (χ0v) is 31.7. The first-order valence-corrected chi connectivity index (χ1v) is 19.5. The lowest BCUT2D eigenvalue weighted by molar-refractivity contribution is -0.958. The quantitative estimate of drug-likeness (QED) is 0.0686. The maximum atomic E-state index is 13.1. The monoisotopic (exact) mass is 726 g/mol. The number of unbranched alkanes of at least 4 members (excludes halogenated alkanes) is 2. The predicted molar refractivity (Wildman–Crippen MR) is 202 cm³/mol. The van der Waals surface area contributed by atoms with E-state index >= 15 is 0 Å². The Hall–Kier alpha value is -4.08. The highest BCUT2D eigenvalue weighted by Crippen LogP contribution is 2.63. The molecule has 1 spiro atoms. The molecule has 0 amide bonds. The van der Waals surface area contributed by atoms with Crippen LogP contribution in [0.5, 0.6) is 17.2 Å². The van der Waals surface area contributed by atoms with E-state index in [1.165, 1.54) is 16.7 Å². The Morgan fingerprint density at radius 3 is 2.53 bits per heavy atom. The number of aliphatic hydroxyl groups is 1. The number of hydrogen-bond acceptors (Lipinski definition) is 8. The predicted octanol–water partition coefficient (Wildman–Crippen LogP) is 6.70. The maximum absolute atomic E-state index is 13.1. The van der Waals surface area contributed by atoms with Gasteiger partial charge < -0.3 is 29.5 Å². The molecule has 1 saturated heterocycles. The summed E-state index contributed by atoms with van der Waals surface area (Å²) in [6.45, 7) is 9.25. The van der Waals surface area contributed by atoms with Crippen LogP contribution in [0.15, 0.2) is 60.2 Å². The number of piperidine rings is 1. The molecular formula is C44H56NO8+. The summed E-state index contributed by atoms with van der Waals surface area (Å²) in [5.74, 6) is -0.254. The van der Waals surface area contributed by atoms with E-state index in [1.807, 2.05) is 19.1 Å². The molecule has 0 aromatic heterocycles. The first-order chi connectivity index (χ1) is 25.4. The number of ether oxygens (including phenoxy) is 3. The van der Waals surface area contributed by atoms with Crippen molar-refractivity contribution < 1.29 is 43.6 Å². The summed E-state index contributed by atoms with van der Waals surface area (Å²) < 4.78 is 17.8. The Labute approximate surface area is 313 Å². The van der Waals surface area contributed by atoms with Crippen molar-refractivity contribution in [3.05, 3.63) is 88.0 Å². The fourth-order valence-corrected chi connectivity index (χ4v) is 10.8. The van der Waals surface area contributed by atoms with E-state index in [4.69, 9.17) is 14.2 Å². The van der Waals surface area contributed by atoms with Gasteiger partial charge in [0.05, 0.1) is 26.8 Å². The lowest BCUT2D eigenvalue weighted by Crippen LogP contribution is -2.70. The number of rotatable bonds is 13. The molecule has 3 N–H and O–H groups in total. The smallest absolute Gasteiger partial charge is 0.321 e. The van der Waals surface area contributed by atoms with E-state index in [0.717, 1.165) is 80.4 Å². The van der Waals surface area contributed by atoms with E-state index in [9.17, 15) is 24.9 Å². The summed E-state index contributed by atoms with van der Waals surface area (Å²) >= 11 is 0. The molecule has 9 heteroatoms. The number of quaternary nitrogens is 1. The highest BCUT2D eigenvalue weighted by molar-refractivity contribution is 5.91. The second-order valence-electron chi connectivity index (χ2n) is 16.6. The zero-order valence-electron chi connectivity index (χ0n) is 31.7. The molecule has 0 saturated carbocycles. The number of aromatic hydroxyl groups is 2. The number of carbonyl (C=O) groups excluding carboxylic acids is 2. The number of likely N-dealkylation sites (tertiary alicyclic amines) is 1. The summed E-state index contributed by atoms with van der Waals surface area (Å²) in [5, 5.41) is 33.3. The van der Waals surface area contributed by atoms with E-state index in [1.54, 1.807) is 19.2 Å². The number of nitrogens with zero attached hydrogens (tertiary/aromatic N) is 1. The number of phenolic OH excluding ortho intramolecular Hbond substituents is 2. The second kappa shape index (κ2) is 14.6. The number of aliphatic hydroxyl groups excluding tert-OH is 1. The van der Waals surface area contributed by atoms with Crippen LogP contribution in [0.4, 0.5) is 0 Å². The third kappa shape index (κ3) is 6.58. The Kier molecular flexibility index (Phi) is 10.3. The zero-order chi connectivity index (χ0) is 37.7. The molecule has 9 nitrogen and oxygen atoms in total. The molecule has 53 heavy (non-hydrogen) atoms. The molecular weight excluding hydrogens is 670 g/mol. The van der Waals surface area contributed by atoms with E-state index in [-0.39, 0.29) is 60.0 Å². The second-order valence-corrected chi connectivity index (χ2v) is 16.6. The van der Waals surface area contributed by atoms with E-state index in [2.05, 4.69) is 38.8 Å². The van der Waals surface area contributed by atoms with Gasteiger partial charge in [0.2, 0.25) is 6.73 Å². The van der Waals surface area contributed by atoms with Crippen LogP contribution in [0.1, 0.15) is 92.5 Å². The van der Waals surface area contributed by atoms with Crippen molar-refractivity contribution in [2.24, 2.45) is 17.8 Å². The van der Waals surface area contributed by atoms with Crippen LogP contribution < -0.4 is 4.74 Å². The molecule has 8 atom stereocenters. The van der Waals surface area contributed by atoms with Crippen LogP contribution in [0.25, 0.3) is 0 Å². The van der Waals surface area contributed by atoms with Gasteiger partial charge in [-0.3, -0.25) is 14.1 Å². The molecule has 4 aliphatic carbocycles. The lowest BCUT2D eigenvalue weighted by Gasteiger charge is -2.60. The molecule has 2 bridgehead atoms. The van der Waals surface area contributed by atoms with Gasteiger partial charge in [0.15, 0.2) is 0 Å². The molecule has 3 unspecified atom stereocenters. The first-order valence-electron chi connectivity index (χ1n) is 19.5. The number of phenols is 2. The van der Waals surface area contributed by atoms with Gasteiger partial charge in [0.1, 0.15) is 36.3 Å². The number of benzene rings is 2. The summed E-state index contributed by atoms with van der Waals surface area (Å²) in [7, 11) is 3.85. The van der Waals surface area contributed by atoms with E-state index in [0.29, 0.717) is 16.5 Å². The molecule has 1 aliphatic heterocycles. The molecule has 2 aromatic carbocycles. The number of carbonyl (C=O) groups is 2. The van der Waals surface area contributed by atoms with Crippen LogP contribution in [0, 0.1) is 17.8 Å². The summed E-state index contributed by atoms with van der Waals surface area (Å²) in [6.07, 6.45) is 13.0. The minimum absolute atomic E-state index is 0.0116. The summed E-state index contributed by atoms with van der Waals surface area (Å²) in [5.41, 5.74) is 6.94. The Morgan fingerprint density at radius 2 is 1.81 bits per heavy atom. The highest BCUT2D eigenvalue weighted by atomic mass is 16.6. The van der Waals surface area contributed by atoms with Gasteiger partial charge in [0.25, 0.3) is 0 Å². The Morgan fingerprint density at radius 1 is 1.06 bits per heavy atom. The van der Waals surface area contributed by atoms with Crippen molar-refractivity contribution in [2.75, 3.05) is 34.0 Å². The van der Waals surface area contributed by atoms with E-state index < -0.39 is 24.5 Å². The average molecular weight is 727 g/mol. The van der Waals surface area contributed by atoms with Crippen molar-refractivity contribution >= 4 is 11.9 Å². The fraction of sp³-hybridized carbons (Fsp3) is 0.545. The van der Waals surface area contributed by atoms with Crippen molar-refractivity contribution in [1.29, 1.82) is 0 Å². The number of likely N-dealkylation sites (N-methyl/N-ethyl adjacent to an activating group) is 1. The molecule has 5 aliphatic rings. The largest absolute Gasteiger partial charge is 0.507 e. The molecule has 1 heterocycles. The lowest BCUT2D eigenvalue weighted by atomic mass is 9.51. The normalized spacial score (nSPS) is 30.6. The third-order valence-electron chi connectivity index (χ3n) is 13.4. The topological polar surface area (TPSA) is 123 Å². The van der Waals surface area contributed by atoms with Crippen molar-refractivity contribution in [1.82, 2.24) is 0 Å². The molecule has 0 radical (unpaired) electrons. The van der Waals surface area contributed by atoms with Crippen LogP contribution in [0.3, 0.4) is 0 Å². The van der Waals surface area contributed by atoms with Crippen LogP contribution in [0.2, 0.25) is 0 Å². The number of hydrogen-bond donors (Lipinski definition) is 3. The summed E-state index contributed by atoms with van der Waals surface area (Å²) in [4.78, 5) is 26.0. The Bertz CT molecular complexity index is 1820. The minimum atomic E-state index is -0.650. The van der Waals surface area contributed by atoms with Crippen molar-refractivity contribution in [3.8, 4) is 17.2 Å². The Balaban J connectivity index is 0.984. The average Bonchev–Trinajstić information content (AvgIpc) is 3.48. The third-order valence-corrected chi connectivity index (χ3v) is 13.4. The number of esters is 2. The SMILES string of the molecule is C=C(C)C1CCC(COC(=O)CC(=O)OC[N+]2(C)CC[C@]34c5c6ccc(OC)c5C[C@H]3[C@@H](O)C=C[C@H]4[C@H]2C6)=CC1c1c(O)cc(CCCCC)cc1O. The number of methoxy groups -OCH3 is 1. The standard InChI is InChI=1S/C44H55NO8/c1-6-7-8-9-27-19-37(47)42(38(48)20-27)31-18-28(10-12-30(31)26(2)3)24-52-40(49)23-41(50)53-25-45(4)17-16-44-33-13-14-36(46)34(44)22-32-39(51-5)15-11-29(43(32)44)21-35(33)45/h11,13-15,18-20,30-31,33-36,46H,2,6-10,12,16-17,21-25H2,1,3-5H3,(H-,47,48)/p+1/t30?,31?,33-,34-,35+,36-,44+,45?/m0/s1. The minimum Gasteiger partial charge on any atom is -0.507 e. The maximum Gasteiger partial charge on any atom is 0.321 e. The van der Waals surface area contributed by atoms with Crippen LogP contribution in [-0.4, -0.2) is 77.9 Å². The van der Waals surface area contributed by atoms with Crippen LogP contribution >= 0.6 is 0 Å². The molecule has 1 fully saturated rings. The van der Waals surface area contributed by atoms with Crippen LogP contribution in [-0.2, 0) is 43.7 Å². The van der Waals surface area contributed by atoms with Crippen molar-refractivity contribution in [3.63, 3.8) is 0 Å². The summed E-state index contributed by atoms with van der Waals surface area (Å²) in [6, 6.07) is 7.89. The fourth-order valence-electron chi connectivity index (χ4n) is 10.8. The number of aryl methyl sites for hydroxylation is 1. The number of allylic oxidation sites excluding steroid dienone is 2. The molecule has 7 rings (SSSR count). The van der Waals surface area contributed by atoms with Gasteiger partial charge in [-0.15, -0.1) is 0 Å². The van der Waals surface area contributed by atoms with Gasteiger partial charge in [-0.2, -0.15) is 0 Å².